The maximum atomic E-state index is 13.3. The Morgan fingerprint density at radius 3 is 2.38 bits per heavy atom. The predicted octanol–water partition coefficient (Wildman–Crippen LogP) is 6.54. The Kier molecular flexibility index (Phi) is 8.24. The van der Waals surface area contributed by atoms with Crippen molar-refractivity contribution in [3.63, 3.8) is 0 Å². The zero-order valence-corrected chi connectivity index (χ0v) is 20.5. The molecule has 1 fully saturated rings. The van der Waals surface area contributed by atoms with Gasteiger partial charge in [0.1, 0.15) is 0 Å². The van der Waals surface area contributed by atoms with Crippen LogP contribution in [0.1, 0.15) is 64.0 Å². The van der Waals surface area contributed by atoms with Gasteiger partial charge in [0, 0.05) is 28.7 Å². The molecule has 0 radical (unpaired) electrons. The Hall–Kier alpha value is -2.04. The van der Waals surface area contributed by atoms with Gasteiger partial charge in [-0.15, -0.1) is 0 Å². The molecule has 2 aliphatic rings. The lowest BCUT2D eigenvalue weighted by Crippen LogP contribution is -2.44. The van der Waals surface area contributed by atoms with E-state index in [0.29, 0.717) is 22.4 Å². The van der Waals surface area contributed by atoms with Crippen LogP contribution < -0.4 is 10.6 Å². The van der Waals surface area contributed by atoms with E-state index in [-0.39, 0.29) is 17.9 Å². The molecule has 1 saturated carbocycles. The first kappa shape index (κ1) is 24.6. The van der Waals surface area contributed by atoms with Crippen LogP contribution >= 0.6 is 23.2 Å². The highest BCUT2D eigenvalue weighted by atomic mass is 35.5. The molecule has 0 aromatic heterocycles. The lowest BCUT2D eigenvalue weighted by Gasteiger charge is -2.38. The van der Waals surface area contributed by atoms with Crippen molar-refractivity contribution >= 4 is 40.7 Å². The highest BCUT2D eigenvalue weighted by molar-refractivity contribution is 6.31. The summed E-state index contributed by atoms with van der Waals surface area (Å²) in [6.45, 7) is 5.38. The minimum absolute atomic E-state index is 0.0370. The van der Waals surface area contributed by atoms with Gasteiger partial charge < -0.3 is 10.6 Å². The molecule has 1 unspecified atom stereocenters. The molecule has 0 saturated heterocycles. The fourth-order valence-corrected chi connectivity index (χ4v) is 5.45. The topological polar surface area (TPSA) is 58.2 Å². The van der Waals surface area contributed by atoms with E-state index in [2.05, 4.69) is 16.7 Å². The lowest BCUT2D eigenvalue weighted by atomic mass is 9.63. The number of carbonyl (C=O) groups is 2. The van der Waals surface area contributed by atoms with Crippen LogP contribution in [-0.2, 0) is 21.4 Å². The van der Waals surface area contributed by atoms with Crippen LogP contribution in [0.25, 0.3) is 0 Å². The van der Waals surface area contributed by atoms with Crippen molar-refractivity contribution < 1.29 is 9.59 Å². The van der Waals surface area contributed by atoms with Gasteiger partial charge in [0.15, 0.2) is 0 Å². The molecule has 1 atom stereocenters. The number of rotatable bonds is 4. The highest BCUT2D eigenvalue weighted by Crippen LogP contribution is 2.50. The van der Waals surface area contributed by atoms with Crippen molar-refractivity contribution in [3.05, 3.63) is 63.6 Å². The van der Waals surface area contributed by atoms with Crippen LogP contribution in [0.15, 0.2) is 42.5 Å². The molecule has 0 spiro atoms. The van der Waals surface area contributed by atoms with Gasteiger partial charge in [0.05, 0.1) is 5.41 Å². The zero-order valence-electron chi connectivity index (χ0n) is 19.0. The smallest absolute Gasteiger partial charge is 0.235 e. The minimum Gasteiger partial charge on any atom is -0.354 e. The van der Waals surface area contributed by atoms with Crippen molar-refractivity contribution in [1.29, 1.82) is 0 Å². The first-order valence-electron chi connectivity index (χ1n) is 11.4. The van der Waals surface area contributed by atoms with Gasteiger partial charge in [0.2, 0.25) is 11.8 Å². The van der Waals surface area contributed by atoms with E-state index >= 15 is 0 Å². The quantitative estimate of drug-likeness (QED) is 0.528. The fourth-order valence-electron chi connectivity index (χ4n) is 5.06. The van der Waals surface area contributed by atoms with Crippen molar-refractivity contribution in [3.8, 4) is 0 Å². The molecule has 2 aromatic rings. The van der Waals surface area contributed by atoms with E-state index in [9.17, 15) is 9.59 Å². The molecular formula is C26H32Cl2N2O2. The summed E-state index contributed by atoms with van der Waals surface area (Å²) in [7, 11) is 0. The SMILES string of the molecule is CC(=O)NC(C)C.O=C1Nc2cc(Cl)ccc2C1(Cc1cccc(Cl)c1)C1CCCCC1. The summed E-state index contributed by atoms with van der Waals surface area (Å²) in [6, 6.07) is 14.0. The highest BCUT2D eigenvalue weighted by Gasteiger charge is 2.52. The molecule has 2 aromatic carbocycles. The Morgan fingerprint density at radius 2 is 1.78 bits per heavy atom. The number of halogens is 2. The minimum atomic E-state index is -0.523. The van der Waals surface area contributed by atoms with Gasteiger partial charge in [-0.05, 0) is 74.4 Å². The number of amides is 2. The zero-order chi connectivity index (χ0) is 23.3. The summed E-state index contributed by atoms with van der Waals surface area (Å²) in [4.78, 5) is 23.4. The Morgan fingerprint density at radius 1 is 1.09 bits per heavy atom. The van der Waals surface area contributed by atoms with Gasteiger partial charge in [-0.3, -0.25) is 9.59 Å². The summed E-state index contributed by atoms with van der Waals surface area (Å²) >= 11 is 12.4. The second-order valence-electron chi connectivity index (χ2n) is 9.11. The summed E-state index contributed by atoms with van der Waals surface area (Å²) in [6.07, 6.45) is 6.51. The first-order valence-corrected chi connectivity index (χ1v) is 12.1. The molecule has 2 amide bonds. The Bertz CT molecular complexity index is 970. The molecule has 1 heterocycles. The second kappa shape index (κ2) is 10.7. The Labute approximate surface area is 201 Å². The third kappa shape index (κ3) is 5.65. The molecule has 172 valence electrons. The number of anilines is 1. The average molecular weight is 475 g/mol. The molecule has 4 nitrogen and oxygen atoms in total. The largest absolute Gasteiger partial charge is 0.354 e. The van der Waals surface area contributed by atoms with Crippen molar-refractivity contribution in [2.24, 2.45) is 5.92 Å². The third-order valence-electron chi connectivity index (χ3n) is 6.28. The Balaban J connectivity index is 0.000000360. The maximum absolute atomic E-state index is 13.3. The van der Waals surface area contributed by atoms with E-state index < -0.39 is 5.41 Å². The van der Waals surface area contributed by atoms with Crippen molar-refractivity contribution in [1.82, 2.24) is 5.32 Å². The lowest BCUT2D eigenvalue weighted by molar-refractivity contribution is -0.123. The molecule has 1 aliphatic heterocycles. The standard InChI is InChI=1S/C21H21Cl2NO.C5H11NO/c22-16-8-4-5-14(11-16)13-21(15-6-2-1-3-7-15)18-10-9-17(23)12-19(18)24-20(21)25;1-4(2)6-5(3)7/h4-5,8-12,15H,1-3,6-7,13H2,(H,24,25);4H,1-3H3,(H,6,7). The van der Waals surface area contributed by atoms with Gasteiger partial charge in [0.25, 0.3) is 0 Å². The van der Waals surface area contributed by atoms with Gasteiger partial charge >= 0.3 is 0 Å². The van der Waals surface area contributed by atoms with Crippen LogP contribution in [0, 0.1) is 5.92 Å². The molecule has 32 heavy (non-hydrogen) atoms. The van der Waals surface area contributed by atoms with E-state index in [1.54, 1.807) is 0 Å². The van der Waals surface area contributed by atoms with Gasteiger partial charge in [-0.2, -0.15) is 0 Å². The van der Waals surface area contributed by atoms with E-state index in [0.717, 1.165) is 29.7 Å². The first-order chi connectivity index (χ1) is 15.2. The van der Waals surface area contributed by atoms with E-state index in [1.165, 1.54) is 26.2 Å². The summed E-state index contributed by atoms with van der Waals surface area (Å²) in [5, 5.41) is 7.14. The summed E-state index contributed by atoms with van der Waals surface area (Å²) < 4.78 is 0. The van der Waals surface area contributed by atoms with Crippen molar-refractivity contribution in [2.45, 2.75) is 70.8 Å². The molecule has 6 heteroatoms. The van der Waals surface area contributed by atoms with E-state index in [1.807, 2.05) is 50.2 Å². The molecule has 4 rings (SSSR count). The number of hydrogen-bond acceptors (Lipinski definition) is 2. The monoisotopic (exact) mass is 474 g/mol. The summed E-state index contributed by atoms with van der Waals surface area (Å²) in [5.41, 5.74) is 2.54. The summed E-state index contributed by atoms with van der Waals surface area (Å²) in [5.74, 6) is 0.495. The van der Waals surface area contributed by atoms with Crippen LogP contribution in [-0.4, -0.2) is 17.9 Å². The molecule has 0 bridgehead atoms. The number of fused-ring (bicyclic) bond motifs is 1. The molecular weight excluding hydrogens is 443 g/mol. The number of benzene rings is 2. The van der Waals surface area contributed by atoms with Crippen LogP contribution in [0.3, 0.4) is 0 Å². The van der Waals surface area contributed by atoms with Crippen molar-refractivity contribution in [2.75, 3.05) is 5.32 Å². The number of nitrogens with one attached hydrogen (secondary N) is 2. The van der Waals surface area contributed by atoms with Crippen LogP contribution in [0.2, 0.25) is 10.0 Å². The van der Waals surface area contributed by atoms with Crippen LogP contribution in [0.5, 0.6) is 0 Å². The molecule has 2 N–H and O–H groups in total. The normalized spacial score (nSPS) is 20.2. The number of hydrogen-bond donors (Lipinski definition) is 2. The predicted molar refractivity (Wildman–Crippen MR) is 132 cm³/mol. The van der Waals surface area contributed by atoms with Gasteiger partial charge in [-0.25, -0.2) is 0 Å². The van der Waals surface area contributed by atoms with Gasteiger partial charge in [-0.1, -0.05) is 60.7 Å². The van der Waals surface area contributed by atoms with Crippen LogP contribution in [0.4, 0.5) is 5.69 Å². The third-order valence-corrected chi connectivity index (χ3v) is 6.75. The van der Waals surface area contributed by atoms with E-state index in [4.69, 9.17) is 23.2 Å². The second-order valence-corrected chi connectivity index (χ2v) is 9.99. The molecule has 1 aliphatic carbocycles. The maximum Gasteiger partial charge on any atom is 0.235 e. The fraction of sp³-hybridized carbons (Fsp3) is 0.462. The number of carbonyl (C=O) groups excluding carboxylic acids is 2. The average Bonchev–Trinajstić information content (AvgIpc) is 2.99.